The molecule has 1 aliphatic heterocycles. The van der Waals surface area contributed by atoms with Gasteiger partial charge in [0.1, 0.15) is 30.5 Å². The highest BCUT2D eigenvalue weighted by molar-refractivity contribution is 5.17. The molecule has 4 rings (SSSR count). The summed E-state index contributed by atoms with van der Waals surface area (Å²) in [5.74, 6) is 0.125. The van der Waals surface area contributed by atoms with Gasteiger partial charge in [0, 0.05) is 18.4 Å². The van der Waals surface area contributed by atoms with Gasteiger partial charge in [0.2, 0.25) is 12.6 Å². The van der Waals surface area contributed by atoms with Crippen molar-refractivity contribution in [1.29, 1.82) is 0 Å². The second kappa shape index (κ2) is 13.4. The second-order valence-electron chi connectivity index (χ2n) is 13.5. The van der Waals surface area contributed by atoms with Gasteiger partial charge in [-0.25, -0.2) is 0 Å². The van der Waals surface area contributed by atoms with Crippen molar-refractivity contribution in [2.75, 3.05) is 13.2 Å². The highest BCUT2D eigenvalue weighted by Crippen LogP contribution is 2.66. The van der Waals surface area contributed by atoms with Gasteiger partial charge >= 0.3 is 0 Å². The van der Waals surface area contributed by atoms with Crippen molar-refractivity contribution in [3.8, 4) is 0 Å². The minimum Gasteiger partial charge on any atom is -0.505 e. The molecule has 4 aliphatic rings. The van der Waals surface area contributed by atoms with Crippen molar-refractivity contribution >= 4 is 0 Å². The Bertz CT molecular complexity index is 971. The van der Waals surface area contributed by atoms with Gasteiger partial charge < -0.3 is 55.1 Å². The topological polar surface area (TPSA) is 190 Å². The number of rotatable bonds is 10. The summed E-state index contributed by atoms with van der Waals surface area (Å²) in [5.41, 5.74) is 0.971. The quantitative estimate of drug-likeness (QED) is 0.103. The van der Waals surface area contributed by atoms with Gasteiger partial charge in [-0.1, -0.05) is 38.8 Å². The van der Waals surface area contributed by atoms with E-state index in [0.29, 0.717) is 17.8 Å². The number of hydrogen-bond donors (Lipinski definition) is 8. The molecule has 1 saturated heterocycles. The van der Waals surface area contributed by atoms with Crippen molar-refractivity contribution < 1.29 is 55.1 Å². The van der Waals surface area contributed by atoms with E-state index in [9.17, 15) is 40.9 Å². The van der Waals surface area contributed by atoms with Crippen LogP contribution in [0.15, 0.2) is 23.7 Å². The van der Waals surface area contributed by atoms with Crippen LogP contribution in [0, 0.1) is 28.6 Å². The summed E-state index contributed by atoms with van der Waals surface area (Å²) in [6, 6.07) is 0. The molecule has 0 radical (unpaired) electrons. The third-order valence-electron chi connectivity index (χ3n) is 11.1. The Morgan fingerprint density at radius 3 is 2.45 bits per heavy atom. The van der Waals surface area contributed by atoms with Gasteiger partial charge in [-0.3, -0.25) is 0 Å². The van der Waals surface area contributed by atoms with Gasteiger partial charge in [0.05, 0.1) is 12.7 Å². The molecule has 8 N–H and O–H groups in total. The molecule has 0 aromatic carbocycles. The molecule has 11 heteroatoms. The highest BCUT2D eigenvalue weighted by atomic mass is 16.7. The van der Waals surface area contributed by atoms with Crippen LogP contribution in [-0.2, 0) is 14.2 Å². The summed E-state index contributed by atoms with van der Waals surface area (Å²) in [5, 5.41) is 82.6. The van der Waals surface area contributed by atoms with E-state index in [1.165, 1.54) is 12.8 Å². The van der Waals surface area contributed by atoms with Gasteiger partial charge in [0.15, 0.2) is 11.5 Å². The van der Waals surface area contributed by atoms with E-state index in [4.69, 9.17) is 14.2 Å². The van der Waals surface area contributed by atoms with E-state index in [1.54, 1.807) is 0 Å². The van der Waals surface area contributed by atoms with E-state index in [2.05, 4.69) is 20.4 Å². The fourth-order valence-electron chi connectivity index (χ4n) is 8.87. The molecule has 0 spiro atoms. The normalized spacial score (nSPS) is 43.4. The molecule has 0 aromatic rings. The maximum atomic E-state index is 11.1. The maximum Gasteiger partial charge on any atom is 0.229 e. The Kier molecular flexibility index (Phi) is 10.7. The smallest absolute Gasteiger partial charge is 0.229 e. The molecule has 1 heterocycles. The first-order valence-electron chi connectivity index (χ1n) is 15.5. The lowest BCUT2D eigenvalue weighted by molar-refractivity contribution is -0.295. The summed E-state index contributed by atoms with van der Waals surface area (Å²) in [7, 11) is 0. The molecule has 3 saturated carbocycles. The Balaban J connectivity index is 1.60. The number of hydrogen-bond acceptors (Lipinski definition) is 11. The third kappa shape index (κ3) is 6.14. The van der Waals surface area contributed by atoms with E-state index in [1.807, 2.05) is 6.92 Å². The molecule has 0 bridgehead atoms. The Labute approximate surface area is 248 Å². The zero-order chi connectivity index (χ0) is 31.0. The van der Waals surface area contributed by atoms with Crippen molar-refractivity contribution in [3.05, 3.63) is 23.7 Å². The van der Waals surface area contributed by atoms with Crippen molar-refractivity contribution in [2.24, 2.45) is 28.6 Å². The molecule has 4 fully saturated rings. The number of aliphatic hydroxyl groups excluding tert-OH is 8. The first-order valence-corrected chi connectivity index (χ1v) is 15.5. The molecule has 0 amide bonds. The van der Waals surface area contributed by atoms with Gasteiger partial charge in [0.25, 0.3) is 0 Å². The van der Waals surface area contributed by atoms with Crippen molar-refractivity contribution in [2.45, 2.75) is 128 Å². The predicted octanol–water partition coefficient (Wildman–Crippen LogP) is 1.62. The van der Waals surface area contributed by atoms with Crippen LogP contribution in [-0.4, -0.2) is 103 Å². The summed E-state index contributed by atoms with van der Waals surface area (Å²) in [6.45, 7) is 9.79. The summed E-state index contributed by atoms with van der Waals surface area (Å²) in [6.07, 6.45) is -4.33. The molecule has 8 unspecified atom stereocenters. The summed E-state index contributed by atoms with van der Waals surface area (Å²) >= 11 is 0. The Morgan fingerprint density at radius 1 is 1.07 bits per heavy atom. The SMILES string of the molecule is C=C1CC[C@@H]2[C@]([C@@H](C)OC(O)/C(O)=C(/OC3OC(CO)C(O)C(O)C3O)C(O)CCO)(CCC3[C@@H](C)CCC[C@]32C)C1. The molecule has 0 aromatic heterocycles. The average molecular weight is 601 g/mol. The molecule has 13 atom stereocenters. The van der Waals surface area contributed by atoms with E-state index >= 15 is 0 Å². The highest BCUT2D eigenvalue weighted by Gasteiger charge is 2.60. The lowest BCUT2D eigenvalue weighted by atomic mass is 9.42. The predicted molar refractivity (Wildman–Crippen MR) is 152 cm³/mol. The van der Waals surface area contributed by atoms with Crippen LogP contribution in [0.5, 0.6) is 0 Å². The summed E-state index contributed by atoms with van der Waals surface area (Å²) < 4.78 is 17.1. The molecule has 3 aliphatic carbocycles. The van der Waals surface area contributed by atoms with E-state index in [0.717, 1.165) is 44.1 Å². The summed E-state index contributed by atoms with van der Waals surface area (Å²) in [4.78, 5) is 0. The Morgan fingerprint density at radius 2 is 1.79 bits per heavy atom. The first-order chi connectivity index (χ1) is 19.8. The fraction of sp³-hybridized carbons (Fsp3) is 0.871. The molecular formula is C31H52O11. The van der Waals surface area contributed by atoms with Crippen LogP contribution < -0.4 is 0 Å². The Hall–Kier alpha value is -1.28. The largest absolute Gasteiger partial charge is 0.505 e. The number of allylic oxidation sites excluding steroid dienone is 1. The number of fused-ring (bicyclic) bond motifs is 3. The number of aliphatic hydroxyl groups is 8. The van der Waals surface area contributed by atoms with Crippen LogP contribution in [0.2, 0.25) is 0 Å². The minimum absolute atomic E-state index is 0.131. The first kappa shape index (κ1) is 33.6. The minimum atomic E-state index is -1.92. The number of ether oxygens (including phenoxy) is 3. The molecule has 42 heavy (non-hydrogen) atoms. The van der Waals surface area contributed by atoms with E-state index in [-0.39, 0.29) is 17.3 Å². The third-order valence-corrected chi connectivity index (χ3v) is 11.1. The van der Waals surface area contributed by atoms with Crippen LogP contribution in [0.1, 0.15) is 78.6 Å². The monoisotopic (exact) mass is 600 g/mol. The van der Waals surface area contributed by atoms with E-state index < -0.39 is 73.9 Å². The zero-order valence-electron chi connectivity index (χ0n) is 25.1. The van der Waals surface area contributed by atoms with Gasteiger partial charge in [-0.15, -0.1) is 0 Å². The lowest BCUT2D eigenvalue weighted by Crippen LogP contribution is -2.59. The maximum absolute atomic E-state index is 11.1. The fourth-order valence-corrected chi connectivity index (χ4v) is 8.87. The average Bonchev–Trinajstić information content (AvgIpc) is 2.94. The van der Waals surface area contributed by atoms with Crippen LogP contribution in [0.25, 0.3) is 0 Å². The molecule has 11 nitrogen and oxygen atoms in total. The van der Waals surface area contributed by atoms with Gasteiger partial charge in [-0.05, 0) is 68.6 Å². The van der Waals surface area contributed by atoms with Crippen LogP contribution in [0.3, 0.4) is 0 Å². The van der Waals surface area contributed by atoms with Crippen molar-refractivity contribution in [3.63, 3.8) is 0 Å². The molecular weight excluding hydrogens is 548 g/mol. The second-order valence-corrected chi connectivity index (χ2v) is 13.5. The zero-order valence-corrected chi connectivity index (χ0v) is 25.1. The van der Waals surface area contributed by atoms with Crippen LogP contribution in [0.4, 0.5) is 0 Å². The van der Waals surface area contributed by atoms with Crippen LogP contribution >= 0.6 is 0 Å². The standard InChI is InChI=1S/C31H52O11/c1-16-7-8-22-30(4)11-5-6-17(2)19(30)9-12-31(22,14-16)18(3)40-28(39)26(38)27(20(34)10-13-32)42-29-25(37)24(36)23(35)21(15-33)41-29/h17-25,28-29,32-39H,1,5-15H2,2-4H3/b27-26-/t17-,18+,19?,20?,21?,22-,23?,24?,25?,28?,29?,30+,31+/m0/s1. The lowest BCUT2D eigenvalue weighted by Gasteiger charge is -2.64. The van der Waals surface area contributed by atoms with Gasteiger partial charge in [-0.2, -0.15) is 0 Å². The van der Waals surface area contributed by atoms with Crippen molar-refractivity contribution in [1.82, 2.24) is 0 Å². The molecule has 242 valence electrons.